The Kier molecular flexibility index (Phi) is 30.6. The van der Waals surface area contributed by atoms with Gasteiger partial charge in [-0.05, 0) is 51.4 Å². The number of phosphoric ester groups is 1. The third-order valence-electron chi connectivity index (χ3n) is 7.11. The van der Waals surface area contributed by atoms with E-state index in [2.05, 4.69) is 67.0 Å². The predicted molar refractivity (Wildman–Crippen MR) is 184 cm³/mol. The van der Waals surface area contributed by atoms with Crippen LogP contribution in [0.4, 0.5) is 0 Å². The molecule has 0 aromatic rings. The summed E-state index contributed by atoms with van der Waals surface area (Å²) in [7, 11) is -4.76. The summed E-state index contributed by atoms with van der Waals surface area (Å²) in [6, 6.07) is 0. The van der Waals surface area contributed by atoms with E-state index >= 15 is 0 Å². The van der Waals surface area contributed by atoms with Gasteiger partial charge in [-0.2, -0.15) is 0 Å². The van der Waals surface area contributed by atoms with Crippen molar-refractivity contribution in [2.75, 3.05) is 13.2 Å². The molecule has 0 spiro atoms. The number of ether oxygens (including phenoxy) is 2. The molecule has 0 heterocycles. The minimum atomic E-state index is -4.76. The van der Waals surface area contributed by atoms with Crippen LogP contribution >= 0.6 is 7.82 Å². The summed E-state index contributed by atoms with van der Waals surface area (Å²) in [5.74, 6) is -0.936. The molecule has 0 unspecified atom stereocenters. The molecule has 0 aliphatic heterocycles. The van der Waals surface area contributed by atoms with Crippen molar-refractivity contribution in [3.8, 4) is 0 Å². The number of carbonyl (C=O) groups is 2. The Bertz CT molecular complexity index is 874. The Morgan fingerprint density at radius 1 is 0.600 bits per heavy atom. The molecule has 0 aromatic heterocycles. The highest BCUT2D eigenvalue weighted by atomic mass is 31.2. The minimum Gasteiger partial charge on any atom is -0.462 e. The second kappa shape index (κ2) is 32.0. The van der Waals surface area contributed by atoms with E-state index in [-0.39, 0.29) is 19.4 Å². The van der Waals surface area contributed by atoms with E-state index in [1.165, 1.54) is 57.8 Å². The molecular formula is C36H63O8P. The molecule has 0 amide bonds. The number of esters is 2. The topological polar surface area (TPSA) is 119 Å². The van der Waals surface area contributed by atoms with E-state index in [9.17, 15) is 14.2 Å². The van der Waals surface area contributed by atoms with Crippen LogP contribution in [-0.4, -0.2) is 41.0 Å². The predicted octanol–water partition coefficient (Wildman–Crippen LogP) is 10.0. The number of hydrogen-bond acceptors (Lipinski definition) is 6. The van der Waals surface area contributed by atoms with Gasteiger partial charge in [0, 0.05) is 12.8 Å². The normalized spacial score (nSPS) is 13.1. The first-order chi connectivity index (χ1) is 21.8. The van der Waals surface area contributed by atoms with Crippen molar-refractivity contribution < 1.29 is 37.9 Å². The molecule has 260 valence electrons. The smallest absolute Gasteiger partial charge is 0.462 e. The van der Waals surface area contributed by atoms with Gasteiger partial charge in [0.2, 0.25) is 0 Å². The third kappa shape index (κ3) is 34.7. The SMILES string of the molecule is CC/C=C/C/C=C/C/C=C/C/C=C/CCCCC(=O)O[C@H](COC(=O)CCCCCCCCCCCCCC)COP(=O)(O)O. The van der Waals surface area contributed by atoms with Gasteiger partial charge in [-0.1, -0.05) is 133 Å². The number of hydrogen-bond donors (Lipinski definition) is 2. The van der Waals surface area contributed by atoms with Gasteiger partial charge in [-0.25, -0.2) is 4.57 Å². The lowest BCUT2D eigenvalue weighted by molar-refractivity contribution is -0.161. The van der Waals surface area contributed by atoms with Gasteiger partial charge < -0.3 is 19.3 Å². The monoisotopic (exact) mass is 654 g/mol. The molecule has 45 heavy (non-hydrogen) atoms. The molecule has 0 aliphatic carbocycles. The van der Waals surface area contributed by atoms with E-state index in [1.807, 2.05) is 0 Å². The third-order valence-corrected chi connectivity index (χ3v) is 7.60. The van der Waals surface area contributed by atoms with E-state index < -0.39 is 32.5 Å². The van der Waals surface area contributed by atoms with Crippen LogP contribution in [0, 0.1) is 0 Å². The average molecular weight is 655 g/mol. The zero-order valence-electron chi connectivity index (χ0n) is 28.3. The lowest BCUT2D eigenvalue weighted by Crippen LogP contribution is -2.29. The zero-order valence-corrected chi connectivity index (χ0v) is 29.1. The molecule has 0 aliphatic rings. The van der Waals surface area contributed by atoms with Crippen LogP contribution in [-0.2, 0) is 28.2 Å². The van der Waals surface area contributed by atoms with Gasteiger partial charge in [0.25, 0.3) is 0 Å². The summed E-state index contributed by atoms with van der Waals surface area (Å²) in [6.07, 6.45) is 36.9. The molecule has 0 fully saturated rings. The van der Waals surface area contributed by atoms with Gasteiger partial charge in [0.1, 0.15) is 6.61 Å². The highest BCUT2D eigenvalue weighted by Gasteiger charge is 2.22. The molecule has 0 rings (SSSR count). The largest absolute Gasteiger partial charge is 0.469 e. The number of phosphoric acid groups is 1. The molecule has 2 N–H and O–H groups in total. The van der Waals surface area contributed by atoms with Crippen LogP contribution in [0.1, 0.15) is 149 Å². The Balaban J connectivity index is 4.09. The fraction of sp³-hybridized carbons (Fsp3) is 0.722. The maximum atomic E-state index is 12.3. The lowest BCUT2D eigenvalue weighted by Gasteiger charge is -2.18. The molecular weight excluding hydrogens is 591 g/mol. The number of rotatable bonds is 31. The first-order valence-corrected chi connectivity index (χ1v) is 19.0. The molecule has 0 saturated heterocycles. The highest BCUT2D eigenvalue weighted by Crippen LogP contribution is 2.35. The molecule has 9 heteroatoms. The summed E-state index contributed by atoms with van der Waals surface area (Å²) >= 11 is 0. The van der Waals surface area contributed by atoms with Crippen molar-refractivity contribution in [1.82, 2.24) is 0 Å². The van der Waals surface area contributed by atoms with E-state index in [0.29, 0.717) is 6.42 Å². The van der Waals surface area contributed by atoms with Crippen LogP contribution in [0.5, 0.6) is 0 Å². The van der Waals surface area contributed by atoms with Crippen molar-refractivity contribution >= 4 is 19.8 Å². The molecule has 8 nitrogen and oxygen atoms in total. The molecule has 0 bridgehead atoms. The van der Waals surface area contributed by atoms with Gasteiger partial charge in [0.05, 0.1) is 6.61 Å². The second-order valence-electron chi connectivity index (χ2n) is 11.5. The van der Waals surface area contributed by atoms with Crippen molar-refractivity contribution in [2.45, 2.75) is 155 Å². The van der Waals surface area contributed by atoms with Gasteiger partial charge in [-0.15, -0.1) is 0 Å². The van der Waals surface area contributed by atoms with E-state index in [1.54, 1.807) is 0 Å². The number of allylic oxidation sites excluding steroid dienone is 8. The molecule has 0 aromatic carbocycles. The Morgan fingerprint density at radius 2 is 1.07 bits per heavy atom. The van der Waals surface area contributed by atoms with Crippen molar-refractivity contribution in [3.63, 3.8) is 0 Å². The summed E-state index contributed by atoms with van der Waals surface area (Å²) in [6.45, 7) is 3.51. The fourth-order valence-corrected chi connectivity index (χ4v) is 4.90. The van der Waals surface area contributed by atoms with Crippen LogP contribution in [0.3, 0.4) is 0 Å². The maximum absolute atomic E-state index is 12.3. The van der Waals surface area contributed by atoms with Crippen molar-refractivity contribution in [3.05, 3.63) is 48.6 Å². The van der Waals surface area contributed by atoms with Crippen LogP contribution in [0.25, 0.3) is 0 Å². The molecule has 0 saturated carbocycles. The summed E-state index contributed by atoms with van der Waals surface area (Å²) in [4.78, 5) is 42.5. The summed E-state index contributed by atoms with van der Waals surface area (Å²) in [5, 5.41) is 0. The maximum Gasteiger partial charge on any atom is 0.469 e. The standard InChI is InChI=1S/C36H63O8P/c1-3-5-7-9-11-13-15-17-18-19-21-23-25-27-29-31-36(38)44-34(33-43-45(39,40)41)32-42-35(37)30-28-26-24-22-20-16-14-12-10-8-6-4-2/h5,7,11,13,17-18,21,23,34H,3-4,6,8-10,12,14-16,19-20,22,24-33H2,1-2H3,(H2,39,40,41)/b7-5+,13-11+,18-17+,23-21+/t34-/m1/s1. The minimum absolute atomic E-state index is 0.159. The lowest BCUT2D eigenvalue weighted by atomic mass is 10.0. The summed E-state index contributed by atoms with van der Waals surface area (Å²) in [5.41, 5.74) is 0. The summed E-state index contributed by atoms with van der Waals surface area (Å²) < 4.78 is 26.2. The van der Waals surface area contributed by atoms with Crippen LogP contribution in [0.15, 0.2) is 48.6 Å². The van der Waals surface area contributed by atoms with Gasteiger partial charge in [0.15, 0.2) is 6.10 Å². The van der Waals surface area contributed by atoms with Gasteiger partial charge >= 0.3 is 19.8 Å². The van der Waals surface area contributed by atoms with E-state index in [0.717, 1.165) is 57.8 Å². The Morgan fingerprint density at radius 3 is 1.60 bits per heavy atom. The molecule has 0 radical (unpaired) electrons. The first-order valence-electron chi connectivity index (χ1n) is 17.4. The zero-order chi connectivity index (χ0) is 33.3. The Hall–Kier alpha value is -1.99. The quantitative estimate of drug-likeness (QED) is 0.0328. The van der Waals surface area contributed by atoms with Gasteiger partial charge in [-0.3, -0.25) is 14.1 Å². The van der Waals surface area contributed by atoms with Crippen molar-refractivity contribution in [2.24, 2.45) is 0 Å². The Labute approximate surface area is 274 Å². The second-order valence-corrected chi connectivity index (χ2v) is 12.7. The highest BCUT2D eigenvalue weighted by molar-refractivity contribution is 7.46. The van der Waals surface area contributed by atoms with Crippen LogP contribution < -0.4 is 0 Å². The average Bonchev–Trinajstić information content (AvgIpc) is 3.00. The molecule has 1 atom stereocenters. The first kappa shape index (κ1) is 43.0. The van der Waals surface area contributed by atoms with Crippen molar-refractivity contribution in [1.29, 1.82) is 0 Å². The number of carbonyl (C=O) groups excluding carboxylic acids is 2. The fourth-order valence-electron chi connectivity index (χ4n) is 4.54. The van der Waals surface area contributed by atoms with E-state index in [4.69, 9.17) is 19.3 Å². The van der Waals surface area contributed by atoms with Crippen LogP contribution in [0.2, 0.25) is 0 Å². The number of unbranched alkanes of at least 4 members (excludes halogenated alkanes) is 13.